The number of rotatable bonds is 0. The molecule has 2 atom stereocenters. The average Bonchev–Trinajstić information content (AvgIpc) is 3.08. The third kappa shape index (κ3) is 1.51. The molecule has 0 saturated carbocycles. The molecule has 3 aliphatic carbocycles. The molecule has 2 bridgehead atoms. The molecule has 0 saturated heterocycles. The summed E-state index contributed by atoms with van der Waals surface area (Å²) in [7, 11) is 0. The van der Waals surface area contributed by atoms with Gasteiger partial charge >= 0.3 is 0 Å². The quantitative estimate of drug-likeness (QED) is 0.453. The van der Waals surface area contributed by atoms with Gasteiger partial charge in [0, 0.05) is 10.8 Å². The summed E-state index contributed by atoms with van der Waals surface area (Å²) in [5, 5.41) is 4.13. The molecule has 0 spiro atoms. The lowest BCUT2D eigenvalue weighted by Gasteiger charge is -2.38. The Morgan fingerprint density at radius 3 is 1.44 bits per heavy atom. The highest BCUT2D eigenvalue weighted by Gasteiger charge is 2.49. The molecule has 1 heterocycles. The number of carbonyl (C=O) groups is 2. The number of fused-ring (bicyclic) bond motifs is 3. The van der Waals surface area contributed by atoms with E-state index in [0.717, 1.165) is 43.8 Å². The van der Waals surface area contributed by atoms with Crippen molar-refractivity contribution in [3.8, 4) is 0 Å². The van der Waals surface area contributed by atoms with Crippen LogP contribution >= 0.6 is 0 Å². The highest BCUT2D eigenvalue weighted by atomic mass is 16.3. The molecule has 3 aliphatic rings. The van der Waals surface area contributed by atoms with E-state index in [4.69, 9.17) is 4.42 Å². The van der Waals surface area contributed by atoms with Crippen LogP contribution in [0.5, 0.6) is 0 Å². The second-order valence-corrected chi connectivity index (χ2v) is 6.90. The van der Waals surface area contributed by atoms with E-state index in [-0.39, 0.29) is 11.6 Å². The van der Waals surface area contributed by atoms with Crippen LogP contribution in [0.15, 0.2) is 65.5 Å². The largest absolute Gasteiger partial charge is 0.471 e. The monoisotopic (exact) mass is 324 g/mol. The minimum atomic E-state index is -0.494. The Morgan fingerprint density at radius 2 is 1.00 bits per heavy atom. The van der Waals surface area contributed by atoms with Crippen molar-refractivity contribution in [2.24, 2.45) is 0 Å². The van der Waals surface area contributed by atoms with Crippen molar-refractivity contribution in [1.82, 2.24) is 0 Å². The third-order valence-electron chi connectivity index (χ3n) is 5.64. The molecule has 0 amide bonds. The Balaban J connectivity index is 1.75. The summed E-state index contributed by atoms with van der Waals surface area (Å²) in [6.07, 6.45) is 3.37. The van der Waals surface area contributed by atoms with Crippen molar-refractivity contribution in [3.63, 3.8) is 0 Å². The molecule has 118 valence electrons. The molecule has 3 heteroatoms. The number of carbonyl (C=O) groups excluding carboxylic acids is 2. The van der Waals surface area contributed by atoms with E-state index in [9.17, 15) is 9.59 Å². The molecule has 3 aromatic carbocycles. The lowest BCUT2D eigenvalue weighted by Crippen LogP contribution is -2.40. The molecule has 0 fully saturated rings. The van der Waals surface area contributed by atoms with Crippen LogP contribution in [0.4, 0.5) is 0 Å². The first-order valence-corrected chi connectivity index (χ1v) is 8.33. The molecule has 3 nitrogen and oxygen atoms in total. The van der Waals surface area contributed by atoms with Crippen molar-refractivity contribution < 1.29 is 14.0 Å². The number of Topliss-reactive ketones (excluding diaryl/α,β-unsaturated/α-hetero) is 2. The van der Waals surface area contributed by atoms with E-state index < -0.39 is 11.8 Å². The summed E-state index contributed by atoms with van der Waals surface area (Å²) in [5.41, 5.74) is 3.85. The molecule has 7 rings (SSSR count). The number of benzene rings is 3. The summed E-state index contributed by atoms with van der Waals surface area (Å²) in [5.74, 6) is -1.57. The van der Waals surface area contributed by atoms with Crippen molar-refractivity contribution >= 4 is 33.1 Å². The van der Waals surface area contributed by atoms with E-state index in [2.05, 4.69) is 12.1 Å². The van der Waals surface area contributed by atoms with Gasteiger partial charge in [-0.3, -0.25) is 9.59 Å². The van der Waals surface area contributed by atoms with Crippen molar-refractivity contribution in [2.75, 3.05) is 0 Å². The second-order valence-electron chi connectivity index (χ2n) is 6.90. The first kappa shape index (κ1) is 13.1. The second kappa shape index (κ2) is 4.25. The van der Waals surface area contributed by atoms with Gasteiger partial charge in [-0.2, -0.15) is 0 Å². The maximum Gasteiger partial charge on any atom is 0.211 e. The van der Waals surface area contributed by atoms with Gasteiger partial charge < -0.3 is 4.42 Å². The molecular weight excluding hydrogens is 312 g/mol. The van der Waals surface area contributed by atoms with E-state index in [1.807, 2.05) is 36.4 Å². The van der Waals surface area contributed by atoms with Gasteiger partial charge in [-0.25, -0.2) is 0 Å². The van der Waals surface area contributed by atoms with Crippen molar-refractivity contribution in [1.29, 1.82) is 0 Å². The Bertz CT molecular complexity index is 1150. The van der Waals surface area contributed by atoms with Crippen LogP contribution in [0.2, 0.25) is 0 Å². The fourth-order valence-corrected chi connectivity index (χ4v) is 4.51. The fraction of sp³-hybridized carbons (Fsp3) is 0.0909. The van der Waals surface area contributed by atoms with Crippen molar-refractivity contribution in [3.05, 3.63) is 83.3 Å². The Hall–Kier alpha value is -3.20. The minimum absolute atomic E-state index is 0.289. The van der Waals surface area contributed by atoms with Crippen LogP contribution < -0.4 is 0 Å². The number of hydrogen-bond acceptors (Lipinski definition) is 3. The van der Waals surface area contributed by atoms with E-state index >= 15 is 0 Å². The summed E-state index contributed by atoms with van der Waals surface area (Å²) in [6, 6.07) is 16.2. The van der Waals surface area contributed by atoms with Gasteiger partial charge in [0.25, 0.3) is 0 Å². The summed E-state index contributed by atoms with van der Waals surface area (Å²) >= 11 is 0. The molecule has 4 aromatic rings. The first-order chi connectivity index (χ1) is 12.2. The van der Waals surface area contributed by atoms with Gasteiger partial charge in [-0.05, 0) is 57.3 Å². The lowest BCUT2D eigenvalue weighted by molar-refractivity contribution is -0.138. The Labute approximate surface area is 142 Å². The molecule has 1 aromatic heterocycles. The smallest absolute Gasteiger partial charge is 0.211 e. The van der Waals surface area contributed by atoms with Gasteiger partial charge in [0.05, 0.1) is 24.4 Å². The Kier molecular flexibility index (Phi) is 2.23. The van der Waals surface area contributed by atoms with E-state index in [0.29, 0.717) is 0 Å². The van der Waals surface area contributed by atoms with Crippen LogP contribution in [0.3, 0.4) is 0 Å². The van der Waals surface area contributed by atoms with E-state index in [1.165, 1.54) is 0 Å². The normalized spacial score (nSPS) is 21.0. The average molecular weight is 324 g/mol. The number of ketones is 2. The topological polar surface area (TPSA) is 47.3 Å². The van der Waals surface area contributed by atoms with Gasteiger partial charge in [0.15, 0.2) is 0 Å². The highest BCUT2D eigenvalue weighted by molar-refractivity contribution is 6.45. The molecular formula is C22H12O3. The zero-order valence-electron chi connectivity index (χ0n) is 13.2. The van der Waals surface area contributed by atoms with Gasteiger partial charge in [0.2, 0.25) is 11.6 Å². The fourth-order valence-electron chi connectivity index (χ4n) is 4.51. The predicted octanol–water partition coefficient (Wildman–Crippen LogP) is 4.32. The third-order valence-corrected chi connectivity index (χ3v) is 5.64. The van der Waals surface area contributed by atoms with E-state index in [1.54, 1.807) is 12.5 Å². The zero-order valence-corrected chi connectivity index (χ0v) is 13.2. The lowest BCUT2D eigenvalue weighted by atomic mass is 9.62. The minimum Gasteiger partial charge on any atom is -0.471 e. The summed E-state index contributed by atoms with van der Waals surface area (Å²) < 4.78 is 5.30. The maximum absolute atomic E-state index is 12.7. The molecule has 0 aliphatic heterocycles. The highest BCUT2D eigenvalue weighted by Crippen LogP contribution is 2.51. The standard InChI is InChI=1S/C22H12O3/c23-21-19-15-5-11-3-1-2-4-12(11)6-16(15)20(22(21)24)18-8-14-10-25-9-13(14)7-17(18)19/h1-10,19-20H. The van der Waals surface area contributed by atoms with Gasteiger partial charge in [0.1, 0.15) is 0 Å². The van der Waals surface area contributed by atoms with Crippen LogP contribution in [0.1, 0.15) is 34.1 Å². The van der Waals surface area contributed by atoms with Gasteiger partial charge in [-0.1, -0.05) is 24.3 Å². The van der Waals surface area contributed by atoms with Crippen LogP contribution in [0.25, 0.3) is 21.5 Å². The first-order valence-electron chi connectivity index (χ1n) is 8.33. The van der Waals surface area contributed by atoms with Crippen molar-refractivity contribution in [2.45, 2.75) is 11.8 Å². The molecule has 2 unspecified atom stereocenters. The Morgan fingerprint density at radius 1 is 0.600 bits per heavy atom. The number of furan rings is 1. The zero-order chi connectivity index (χ0) is 16.7. The molecule has 0 N–H and O–H groups in total. The van der Waals surface area contributed by atoms with Crippen LogP contribution in [-0.4, -0.2) is 11.6 Å². The predicted molar refractivity (Wildman–Crippen MR) is 93.9 cm³/mol. The van der Waals surface area contributed by atoms with Crippen LogP contribution in [-0.2, 0) is 9.59 Å². The SMILES string of the molecule is O=C1C(=O)C2c3cc4ccccc4cc3C1c1cc3cocc3cc12. The number of hydrogen-bond donors (Lipinski definition) is 0. The van der Waals surface area contributed by atoms with Gasteiger partial charge in [-0.15, -0.1) is 0 Å². The van der Waals surface area contributed by atoms with Crippen LogP contribution in [0, 0.1) is 0 Å². The maximum atomic E-state index is 12.7. The molecule has 0 radical (unpaired) electrons. The molecule has 25 heavy (non-hydrogen) atoms. The summed E-state index contributed by atoms with van der Waals surface area (Å²) in [4.78, 5) is 25.5. The summed E-state index contributed by atoms with van der Waals surface area (Å²) in [6.45, 7) is 0.